The number of hydrogen-bond acceptors (Lipinski definition) is 4. The van der Waals surface area contributed by atoms with Crippen LogP contribution in [0.25, 0.3) is 0 Å². The summed E-state index contributed by atoms with van der Waals surface area (Å²) < 4.78 is 26.5. The number of pyridine rings is 1. The quantitative estimate of drug-likeness (QED) is 0.686. The number of unbranched alkanes of at least 4 members (excludes halogenated alkanes) is 3. The topological polar surface area (TPSA) is 85.1 Å². The highest BCUT2D eigenvalue weighted by Crippen LogP contribution is 2.14. The number of nitrogens with one attached hydrogen (secondary N) is 1. The molecule has 0 aliphatic heterocycles. The van der Waals surface area contributed by atoms with Crippen molar-refractivity contribution in [1.82, 2.24) is 9.71 Å². The Labute approximate surface area is 122 Å². The first-order valence-electron chi connectivity index (χ1n) is 7.13. The van der Waals surface area contributed by atoms with Gasteiger partial charge in [-0.3, -0.25) is 0 Å². The van der Waals surface area contributed by atoms with Gasteiger partial charge in [-0.15, -0.1) is 0 Å². The molecule has 20 heavy (non-hydrogen) atoms. The lowest BCUT2D eigenvalue weighted by atomic mass is 10.0. The van der Waals surface area contributed by atoms with Crippen molar-refractivity contribution in [2.45, 2.75) is 51.0 Å². The minimum absolute atomic E-state index is 0.0835. The zero-order valence-electron chi connectivity index (χ0n) is 12.3. The predicted octanol–water partition coefficient (Wildman–Crippen LogP) is 2.55. The van der Waals surface area contributed by atoms with Crippen molar-refractivity contribution >= 4 is 15.7 Å². The first kappa shape index (κ1) is 16.9. The number of hydrogen-bond donors (Lipinski definition) is 2. The summed E-state index contributed by atoms with van der Waals surface area (Å²) in [5.41, 5.74) is 5.80. The lowest BCUT2D eigenvalue weighted by Gasteiger charge is -2.08. The van der Waals surface area contributed by atoms with E-state index in [1.165, 1.54) is 25.1 Å². The van der Waals surface area contributed by atoms with Crippen LogP contribution in [0, 0.1) is 5.92 Å². The molecule has 0 aliphatic rings. The van der Waals surface area contributed by atoms with Crippen molar-refractivity contribution in [2.75, 3.05) is 12.3 Å². The fourth-order valence-corrected chi connectivity index (χ4v) is 3.06. The molecule has 0 spiro atoms. The number of nitrogens with two attached hydrogens (primary N) is 1. The van der Waals surface area contributed by atoms with Gasteiger partial charge >= 0.3 is 0 Å². The molecule has 5 nitrogen and oxygen atoms in total. The number of nitrogens with zero attached hydrogens (tertiary/aromatic N) is 1. The van der Waals surface area contributed by atoms with Crippen molar-refractivity contribution in [3.8, 4) is 0 Å². The van der Waals surface area contributed by atoms with E-state index in [0.717, 1.165) is 25.2 Å². The molecule has 0 bridgehead atoms. The Bertz CT molecular complexity index is 501. The molecular weight excluding hydrogens is 274 g/mol. The average Bonchev–Trinajstić information content (AvgIpc) is 2.37. The summed E-state index contributed by atoms with van der Waals surface area (Å²) in [6.45, 7) is 4.86. The second kappa shape index (κ2) is 8.21. The number of nitrogen functional groups attached to an aromatic ring is 1. The standard InChI is InChI=1S/C14H25N3O2S/c1-12(2)8-5-3-4-6-11-17-20(18,19)14-13(15)9-7-10-16-14/h7,9-10,12,17H,3-6,8,11,15H2,1-2H3. The van der Waals surface area contributed by atoms with E-state index in [1.54, 1.807) is 6.07 Å². The molecule has 0 aromatic carbocycles. The number of sulfonamides is 1. The van der Waals surface area contributed by atoms with E-state index in [0.29, 0.717) is 6.54 Å². The molecule has 6 heteroatoms. The van der Waals surface area contributed by atoms with Crippen LogP contribution in [0.2, 0.25) is 0 Å². The lowest BCUT2D eigenvalue weighted by Crippen LogP contribution is -2.26. The molecule has 1 rings (SSSR count). The Morgan fingerprint density at radius 1 is 1.25 bits per heavy atom. The summed E-state index contributed by atoms with van der Waals surface area (Å²) in [6, 6.07) is 3.15. The Morgan fingerprint density at radius 2 is 1.95 bits per heavy atom. The predicted molar refractivity (Wildman–Crippen MR) is 81.8 cm³/mol. The van der Waals surface area contributed by atoms with Gasteiger partial charge in [0.05, 0.1) is 5.69 Å². The fourth-order valence-electron chi connectivity index (χ4n) is 1.93. The molecule has 0 radical (unpaired) electrons. The average molecular weight is 299 g/mol. The van der Waals surface area contributed by atoms with E-state index in [2.05, 4.69) is 23.6 Å². The molecule has 1 aromatic heterocycles. The van der Waals surface area contributed by atoms with Gasteiger partial charge < -0.3 is 5.73 Å². The summed E-state index contributed by atoms with van der Waals surface area (Å²) in [4.78, 5) is 3.82. The first-order chi connectivity index (χ1) is 9.43. The Balaban J connectivity index is 2.29. The van der Waals surface area contributed by atoms with Gasteiger partial charge in [-0.1, -0.05) is 39.5 Å². The second-order valence-corrected chi connectivity index (χ2v) is 7.07. The van der Waals surface area contributed by atoms with Crippen LogP contribution < -0.4 is 10.5 Å². The summed E-state index contributed by atoms with van der Waals surface area (Å²) in [5, 5.41) is -0.0835. The van der Waals surface area contributed by atoms with Gasteiger partial charge in [0.1, 0.15) is 0 Å². The monoisotopic (exact) mass is 299 g/mol. The van der Waals surface area contributed by atoms with E-state index >= 15 is 0 Å². The molecule has 0 aliphatic carbocycles. The minimum Gasteiger partial charge on any atom is -0.396 e. The molecule has 0 saturated carbocycles. The van der Waals surface area contributed by atoms with Crippen molar-refractivity contribution in [3.63, 3.8) is 0 Å². The van der Waals surface area contributed by atoms with Gasteiger partial charge in [0.2, 0.25) is 0 Å². The van der Waals surface area contributed by atoms with Gasteiger partial charge in [0.15, 0.2) is 5.03 Å². The van der Waals surface area contributed by atoms with E-state index < -0.39 is 10.0 Å². The lowest BCUT2D eigenvalue weighted by molar-refractivity contribution is 0.517. The van der Waals surface area contributed by atoms with Crippen LogP contribution in [0.15, 0.2) is 23.4 Å². The molecule has 114 valence electrons. The highest BCUT2D eigenvalue weighted by atomic mass is 32.2. The van der Waals surface area contributed by atoms with Crippen LogP contribution in [-0.4, -0.2) is 19.9 Å². The van der Waals surface area contributed by atoms with E-state index in [9.17, 15) is 8.42 Å². The minimum atomic E-state index is -3.58. The summed E-state index contributed by atoms with van der Waals surface area (Å²) in [6.07, 6.45) is 6.88. The first-order valence-corrected chi connectivity index (χ1v) is 8.62. The maximum atomic E-state index is 12.0. The highest BCUT2D eigenvalue weighted by Gasteiger charge is 2.17. The summed E-state index contributed by atoms with van der Waals surface area (Å²) in [7, 11) is -3.58. The van der Waals surface area contributed by atoms with Gasteiger partial charge in [0, 0.05) is 12.7 Å². The normalized spacial score (nSPS) is 11.9. The van der Waals surface area contributed by atoms with Crippen molar-refractivity contribution < 1.29 is 8.42 Å². The van der Waals surface area contributed by atoms with E-state index in [-0.39, 0.29) is 10.7 Å². The third kappa shape index (κ3) is 5.88. The maximum absolute atomic E-state index is 12.0. The van der Waals surface area contributed by atoms with Crippen LogP contribution in [0.5, 0.6) is 0 Å². The molecular formula is C14H25N3O2S. The molecule has 0 amide bonds. The smallest absolute Gasteiger partial charge is 0.260 e. The van der Waals surface area contributed by atoms with Crippen molar-refractivity contribution in [3.05, 3.63) is 18.3 Å². The van der Waals surface area contributed by atoms with Crippen LogP contribution in [-0.2, 0) is 10.0 Å². The Morgan fingerprint density at radius 3 is 2.60 bits per heavy atom. The second-order valence-electron chi connectivity index (χ2n) is 5.39. The third-order valence-corrected chi connectivity index (χ3v) is 4.49. The highest BCUT2D eigenvalue weighted by molar-refractivity contribution is 7.89. The number of aromatic nitrogens is 1. The Hall–Kier alpha value is -1.14. The van der Waals surface area contributed by atoms with Gasteiger partial charge in [-0.25, -0.2) is 18.1 Å². The summed E-state index contributed by atoms with van der Waals surface area (Å²) >= 11 is 0. The summed E-state index contributed by atoms with van der Waals surface area (Å²) in [5.74, 6) is 0.737. The molecule has 0 atom stereocenters. The molecule has 1 heterocycles. The van der Waals surface area contributed by atoms with Crippen molar-refractivity contribution in [2.24, 2.45) is 5.92 Å². The van der Waals surface area contributed by atoms with E-state index in [1.807, 2.05) is 0 Å². The molecule has 0 fully saturated rings. The number of rotatable bonds is 9. The number of anilines is 1. The molecule has 0 unspecified atom stereocenters. The third-order valence-electron chi connectivity index (χ3n) is 3.06. The molecule has 1 aromatic rings. The zero-order valence-corrected chi connectivity index (χ0v) is 13.1. The van der Waals surface area contributed by atoms with Crippen LogP contribution in [0.3, 0.4) is 0 Å². The van der Waals surface area contributed by atoms with Crippen LogP contribution in [0.4, 0.5) is 5.69 Å². The van der Waals surface area contributed by atoms with Crippen molar-refractivity contribution in [1.29, 1.82) is 0 Å². The Kier molecular flexibility index (Phi) is 6.95. The van der Waals surface area contributed by atoms with Crippen LogP contribution >= 0.6 is 0 Å². The van der Waals surface area contributed by atoms with Gasteiger partial charge in [-0.05, 0) is 24.5 Å². The largest absolute Gasteiger partial charge is 0.396 e. The van der Waals surface area contributed by atoms with Crippen LogP contribution in [0.1, 0.15) is 46.0 Å². The maximum Gasteiger partial charge on any atom is 0.260 e. The molecule has 0 saturated heterocycles. The van der Waals surface area contributed by atoms with Gasteiger partial charge in [0.25, 0.3) is 10.0 Å². The SMILES string of the molecule is CC(C)CCCCCCNS(=O)(=O)c1ncccc1N. The fraction of sp³-hybridized carbons (Fsp3) is 0.643. The zero-order chi connectivity index (χ0) is 15.0. The van der Waals surface area contributed by atoms with Gasteiger partial charge in [-0.2, -0.15) is 0 Å². The van der Waals surface area contributed by atoms with E-state index in [4.69, 9.17) is 5.73 Å². The molecule has 3 N–H and O–H groups in total.